The summed E-state index contributed by atoms with van der Waals surface area (Å²) < 4.78 is 52.0. The van der Waals surface area contributed by atoms with E-state index in [1.807, 2.05) is 24.1 Å². The molecule has 3 heterocycles. The molecule has 2 amide bonds. The quantitative estimate of drug-likeness (QED) is 0.246. The molecule has 0 saturated carbocycles. The SMILES string of the molecule is COc1cc(C(=O)N2CSC[C@H]2OC)c([N+](=O)[O-])cc1C.COc1cc2c(cc1C)N=C[C@@H]1CSCN1C2=O.O=S(=O)=S(=O)=O.[Na][Na]. The van der Waals surface area contributed by atoms with E-state index in [1.54, 1.807) is 43.6 Å². The Balaban J connectivity index is 0.000000269. The number of carbonyl (C=O) groups excluding carboxylic acids is 2. The Morgan fingerprint density at radius 2 is 1.53 bits per heavy atom. The summed E-state index contributed by atoms with van der Waals surface area (Å²) in [7, 11) is -1.30. The number of amides is 2. The third kappa shape index (κ3) is 10.9. The Morgan fingerprint density at radius 1 is 0.957 bits per heavy atom. The zero-order valence-electron chi connectivity index (χ0n) is 26.8. The number of benzene rings is 2. The molecule has 47 heavy (non-hydrogen) atoms. The summed E-state index contributed by atoms with van der Waals surface area (Å²) in [5.41, 5.74) is 2.80. The van der Waals surface area contributed by atoms with E-state index in [0.29, 0.717) is 28.5 Å². The van der Waals surface area contributed by atoms with Gasteiger partial charge in [0, 0.05) is 37.0 Å². The minimum absolute atomic E-state index is 0.0204. The molecular formula is C26H30N4Na2O11S4. The first-order valence-electron chi connectivity index (χ1n) is 13.9. The normalized spacial score (nSPS) is 17.3. The van der Waals surface area contributed by atoms with Crippen LogP contribution in [0.25, 0.3) is 0 Å². The van der Waals surface area contributed by atoms with Gasteiger partial charge in [0.1, 0.15) is 23.3 Å². The summed E-state index contributed by atoms with van der Waals surface area (Å²) in [5, 5.41) is 11.2. The van der Waals surface area contributed by atoms with Crippen molar-refractivity contribution in [3.63, 3.8) is 0 Å². The number of thioether (sulfide) groups is 2. The molecular weight excluding hydrogens is 719 g/mol. The standard InChI is InChI=1S/C13H16N2O5S.C13H14N2O2S.2Na.O4S2/c1-8-4-10(15(17)18)9(5-11(8)19-2)13(16)14-7-21-6-12(14)20-3;1-8-3-11-10(4-12(8)17-2)13(16)15-7-18-6-9(15)5-14-11;;;1-5(2)6(3)4/h4-5,12H,6-7H2,1-3H3;3-5,9H,6-7H2,1-2H3;;;/t12-;9-;;;/m11.../s1. The van der Waals surface area contributed by atoms with Gasteiger partial charge in [-0.25, -0.2) is 0 Å². The first-order chi connectivity index (χ1) is 22.3. The summed E-state index contributed by atoms with van der Waals surface area (Å²) in [5.74, 6) is 3.59. The number of nitro groups is 1. The molecule has 2 fully saturated rings. The third-order valence-electron chi connectivity index (χ3n) is 6.73. The van der Waals surface area contributed by atoms with Gasteiger partial charge in [0.2, 0.25) is 0 Å². The zero-order valence-corrected chi connectivity index (χ0v) is 34.0. The Labute approximate surface area is 311 Å². The number of hydrogen-bond acceptors (Lipinski definition) is 14. The second-order valence-corrected chi connectivity index (χ2v) is 13.9. The molecule has 2 aromatic rings. The van der Waals surface area contributed by atoms with E-state index in [0.717, 1.165) is 28.6 Å². The van der Waals surface area contributed by atoms with Crippen LogP contribution < -0.4 is 9.47 Å². The fourth-order valence-corrected chi connectivity index (χ4v) is 6.68. The number of aryl methyl sites for hydroxylation is 2. The van der Waals surface area contributed by atoms with Crippen molar-refractivity contribution in [1.29, 1.82) is 0 Å². The van der Waals surface area contributed by atoms with E-state index >= 15 is 0 Å². The van der Waals surface area contributed by atoms with Gasteiger partial charge < -0.3 is 24.0 Å². The zero-order chi connectivity index (χ0) is 35.4. The number of ether oxygens (including phenoxy) is 3. The van der Waals surface area contributed by atoms with E-state index in [9.17, 15) is 19.7 Å². The molecule has 5 rings (SSSR count). The summed E-state index contributed by atoms with van der Waals surface area (Å²) in [6.07, 6.45) is 1.52. The molecule has 0 N–H and O–H groups in total. The van der Waals surface area contributed by atoms with Gasteiger partial charge in [-0.15, -0.1) is 23.5 Å². The molecule has 2 aromatic carbocycles. The second-order valence-electron chi connectivity index (χ2n) is 9.43. The number of nitro benzene ring substituents is 1. The molecule has 21 heteroatoms. The number of methoxy groups -OCH3 is 3. The van der Waals surface area contributed by atoms with Crippen LogP contribution >= 0.6 is 23.5 Å². The van der Waals surface area contributed by atoms with Crippen molar-refractivity contribution >= 4 is 115 Å². The van der Waals surface area contributed by atoms with Crippen molar-refractivity contribution < 1.29 is 45.6 Å². The molecule has 3 aliphatic heterocycles. The molecule has 3 aliphatic rings. The fraction of sp³-hybridized carbons (Fsp3) is 0.423. The van der Waals surface area contributed by atoms with Crippen LogP contribution in [-0.2, 0) is 23.3 Å². The number of aliphatic imine (C=N–C) groups is 1. The van der Waals surface area contributed by atoms with Gasteiger partial charge in [-0.3, -0.25) is 24.7 Å². The van der Waals surface area contributed by atoms with E-state index < -0.39 is 29.4 Å². The monoisotopic (exact) mass is 748 g/mol. The van der Waals surface area contributed by atoms with E-state index in [1.165, 1.54) is 74.9 Å². The van der Waals surface area contributed by atoms with Gasteiger partial charge in [-0.1, -0.05) is 0 Å². The average Bonchev–Trinajstić information content (AvgIpc) is 3.72. The number of rotatable bonds is 5. The predicted octanol–water partition coefficient (Wildman–Crippen LogP) is 2.16. The van der Waals surface area contributed by atoms with Crippen LogP contribution in [0, 0.1) is 24.0 Å². The Morgan fingerprint density at radius 3 is 2.09 bits per heavy atom. The predicted molar refractivity (Wildman–Crippen MR) is 181 cm³/mol. The number of carbonyl (C=O) groups is 2. The van der Waals surface area contributed by atoms with Gasteiger partial charge in [-0.2, -0.15) is 16.8 Å². The summed E-state index contributed by atoms with van der Waals surface area (Å²) >= 11 is 6.20. The van der Waals surface area contributed by atoms with Crippen molar-refractivity contribution in [2.24, 2.45) is 4.99 Å². The number of hydrogen-bond donors (Lipinski definition) is 0. The summed E-state index contributed by atoms with van der Waals surface area (Å²) in [6, 6.07) is 6.62. The van der Waals surface area contributed by atoms with Crippen molar-refractivity contribution in [1.82, 2.24) is 9.80 Å². The average molecular weight is 749 g/mol. The van der Waals surface area contributed by atoms with Gasteiger partial charge in [0.25, 0.3) is 17.5 Å². The molecule has 0 unspecified atom stereocenters. The van der Waals surface area contributed by atoms with E-state index in [4.69, 9.17) is 31.0 Å². The molecule has 0 spiro atoms. The van der Waals surface area contributed by atoms with Crippen LogP contribution in [0.1, 0.15) is 31.8 Å². The van der Waals surface area contributed by atoms with Gasteiger partial charge in [0.05, 0.1) is 48.2 Å². The number of nitrogens with zero attached hydrogens (tertiary/aromatic N) is 4. The topological polar surface area (TPSA) is 192 Å². The van der Waals surface area contributed by atoms with Crippen molar-refractivity contribution in [2.75, 3.05) is 44.6 Å². The Hall–Kier alpha value is -1.65. The van der Waals surface area contributed by atoms with Crippen molar-refractivity contribution in [3.05, 3.63) is 56.6 Å². The van der Waals surface area contributed by atoms with Crippen LogP contribution in [-0.4, -0.2) is 150 Å². The fourth-order valence-electron chi connectivity index (χ4n) is 4.46. The molecule has 0 aliphatic carbocycles. The molecule has 0 radical (unpaired) electrons. The van der Waals surface area contributed by atoms with Gasteiger partial charge in [-0.05, 0) is 37.1 Å². The van der Waals surface area contributed by atoms with Gasteiger partial charge >= 0.3 is 62.1 Å². The molecule has 0 bridgehead atoms. The maximum atomic E-state index is 12.6. The summed E-state index contributed by atoms with van der Waals surface area (Å²) in [4.78, 5) is 43.5. The van der Waals surface area contributed by atoms with Gasteiger partial charge in [0.15, 0.2) is 0 Å². The molecule has 2 atom stereocenters. The first kappa shape index (κ1) is 41.5. The molecule has 2 saturated heterocycles. The third-order valence-corrected chi connectivity index (χ3v) is 9.64. The Bertz CT molecular complexity index is 1730. The van der Waals surface area contributed by atoms with E-state index in [-0.39, 0.29) is 29.4 Å². The van der Waals surface area contributed by atoms with Crippen LogP contribution in [0.3, 0.4) is 0 Å². The van der Waals surface area contributed by atoms with Crippen molar-refractivity contribution in [3.8, 4) is 11.5 Å². The number of fused-ring (bicyclic) bond motifs is 2. The summed E-state index contributed by atoms with van der Waals surface area (Å²) in [6.45, 7) is 3.66. The van der Waals surface area contributed by atoms with Crippen LogP contribution in [0.4, 0.5) is 11.4 Å². The first-order valence-corrected chi connectivity index (χ1v) is 26.9. The molecule has 246 valence electrons. The minimum atomic E-state index is -2.95. The maximum absolute atomic E-state index is 12.6. The molecule has 15 nitrogen and oxygen atoms in total. The van der Waals surface area contributed by atoms with Crippen LogP contribution in [0.2, 0.25) is 0 Å². The van der Waals surface area contributed by atoms with Crippen LogP contribution in [0.15, 0.2) is 29.3 Å². The molecule has 0 aromatic heterocycles. The van der Waals surface area contributed by atoms with Crippen molar-refractivity contribution in [2.45, 2.75) is 26.1 Å². The van der Waals surface area contributed by atoms with E-state index in [2.05, 4.69) is 4.99 Å². The Kier molecular flexibility index (Phi) is 17.8. The van der Waals surface area contributed by atoms with Crippen LogP contribution in [0.5, 0.6) is 11.5 Å². The second kappa shape index (κ2) is 20.1.